The molecule has 1 unspecified atom stereocenters. The van der Waals surface area contributed by atoms with Gasteiger partial charge in [0.25, 0.3) is 0 Å². The molecule has 1 heterocycles. The summed E-state index contributed by atoms with van der Waals surface area (Å²) in [4.78, 5) is 12.7. The van der Waals surface area contributed by atoms with Gasteiger partial charge in [-0.05, 0) is 0 Å². The molecule has 1 aliphatic heterocycles. The molecule has 1 aliphatic rings. The number of halogens is 1. The van der Waals surface area contributed by atoms with E-state index in [9.17, 15) is 9.18 Å². The van der Waals surface area contributed by atoms with E-state index in [0.717, 1.165) is 0 Å². The first-order valence-corrected chi connectivity index (χ1v) is 5.22. The first-order valence-electron chi connectivity index (χ1n) is 5.22. The van der Waals surface area contributed by atoms with Gasteiger partial charge in [0.05, 0.1) is 0 Å². The second kappa shape index (κ2) is 4.53. The van der Waals surface area contributed by atoms with Gasteiger partial charge in [0, 0.05) is 31.5 Å². The van der Waals surface area contributed by atoms with Crippen LogP contribution in [0, 0.1) is 0 Å². The van der Waals surface area contributed by atoms with Gasteiger partial charge in [0.2, 0.25) is 0 Å². The van der Waals surface area contributed by atoms with Crippen LogP contribution in [-0.4, -0.2) is 23.8 Å². The quantitative estimate of drug-likeness (QED) is 0.694. The number of Topliss-reactive ketones (excluding diaryl/α,β-unsaturated/α-hetero) is 1. The lowest BCUT2D eigenvalue weighted by atomic mass is 10.1. The molecular formula is C12H14FNO. The molecule has 1 aromatic rings. The Morgan fingerprint density at radius 2 is 1.73 bits per heavy atom. The predicted molar refractivity (Wildman–Crippen MR) is 56.1 cm³/mol. The Hall–Kier alpha value is -1.22. The largest absolute Gasteiger partial charge is 0.300 e. The van der Waals surface area contributed by atoms with Crippen molar-refractivity contribution in [3.63, 3.8) is 0 Å². The number of carbonyl (C=O) groups excluding carboxylic acids is 1. The Kier molecular flexibility index (Phi) is 3.11. The Labute approximate surface area is 88.7 Å². The standard InChI is InChI=1S/C12H14FNO/c13-12(10-4-2-1-3-5-10)14-8-6-11(15)7-9-14/h1-5,12H,6-9H2. The van der Waals surface area contributed by atoms with Crippen LogP contribution in [0.2, 0.25) is 0 Å². The molecule has 0 amide bonds. The van der Waals surface area contributed by atoms with Gasteiger partial charge in [-0.2, -0.15) is 0 Å². The third-order valence-corrected chi connectivity index (χ3v) is 2.75. The molecule has 1 aromatic carbocycles. The summed E-state index contributed by atoms with van der Waals surface area (Å²) in [5, 5.41) is 0. The molecule has 0 N–H and O–H groups in total. The highest BCUT2D eigenvalue weighted by atomic mass is 19.1. The molecule has 0 spiro atoms. The lowest BCUT2D eigenvalue weighted by Gasteiger charge is -2.29. The Bertz CT molecular complexity index is 329. The van der Waals surface area contributed by atoms with E-state index in [1.54, 1.807) is 17.0 Å². The molecule has 1 fully saturated rings. The third-order valence-electron chi connectivity index (χ3n) is 2.75. The number of rotatable bonds is 2. The Morgan fingerprint density at radius 1 is 1.13 bits per heavy atom. The molecule has 0 aliphatic carbocycles. The van der Waals surface area contributed by atoms with Gasteiger partial charge in [0.1, 0.15) is 5.78 Å². The second-order valence-corrected chi connectivity index (χ2v) is 3.82. The van der Waals surface area contributed by atoms with E-state index in [4.69, 9.17) is 0 Å². The molecule has 2 rings (SSSR count). The van der Waals surface area contributed by atoms with Crippen LogP contribution in [0.1, 0.15) is 24.7 Å². The van der Waals surface area contributed by atoms with Crippen LogP contribution in [0.15, 0.2) is 30.3 Å². The molecule has 2 nitrogen and oxygen atoms in total. The Balaban J connectivity index is 2.02. The van der Waals surface area contributed by atoms with Crippen molar-refractivity contribution < 1.29 is 9.18 Å². The lowest BCUT2D eigenvalue weighted by molar-refractivity contribution is -0.122. The highest BCUT2D eigenvalue weighted by Crippen LogP contribution is 2.24. The van der Waals surface area contributed by atoms with Crippen molar-refractivity contribution in [2.45, 2.75) is 19.1 Å². The average Bonchev–Trinajstić information content (AvgIpc) is 2.30. The van der Waals surface area contributed by atoms with E-state index >= 15 is 0 Å². The van der Waals surface area contributed by atoms with Crippen molar-refractivity contribution in [3.05, 3.63) is 35.9 Å². The zero-order valence-corrected chi connectivity index (χ0v) is 8.53. The molecule has 0 saturated carbocycles. The maximum Gasteiger partial charge on any atom is 0.179 e. The van der Waals surface area contributed by atoms with Crippen molar-refractivity contribution in [1.82, 2.24) is 4.90 Å². The average molecular weight is 207 g/mol. The van der Waals surface area contributed by atoms with Crippen molar-refractivity contribution in [3.8, 4) is 0 Å². The van der Waals surface area contributed by atoms with E-state index < -0.39 is 6.30 Å². The van der Waals surface area contributed by atoms with Crippen LogP contribution < -0.4 is 0 Å². The van der Waals surface area contributed by atoms with Gasteiger partial charge in [0.15, 0.2) is 6.30 Å². The summed E-state index contributed by atoms with van der Waals surface area (Å²) in [6, 6.07) is 9.09. The van der Waals surface area contributed by atoms with E-state index in [1.165, 1.54) is 0 Å². The van der Waals surface area contributed by atoms with Gasteiger partial charge in [-0.25, -0.2) is 4.39 Å². The number of ketones is 1. The summed E-state index contributed by atoms with van der Waals surface area (Å²) in [5.74, 6) is 0.242. The molecule has 80 valence electrons. The van der Waals surface area contributed by atoms with E-state index in [0.29, 0.717) is 31.5 Å². The number of benzene rings is 1. The predicted octanol–water partition coefficient (Wildman–Crippen LogP) is 2.32. The molecule has 1 saturated heterocycles. The maximum atomic E-state index is 14.0. The molecule has 15 heavy (non-hydrogen) atoms. The van der Waals surface area contributed by atoms with Crippen LogP contribution in [0.4, 0.5) is 4.39 Å². The van der Waals surface area contributed by atoms with Crippen molar-refractivity contribution in [1.29, 1.82) is 0 Å². The number of alkyl halides is 1. The number of nitrogens with zero attached hydrogens (tertiary/aromatic N) is 1. The fourth-order valence-corrected chi connectivity index (χ4v) is 1.82. The molecule has 1 atom stereocenters. The van der Waals surface area contributed by atoms with Gasteiger partial charge in [-0.1, -0.05) is 30.3 Å². The van der Waals surface area contributed by atoms with Crippen molar-refractivity contribution in [2.75, 3.05) is 13.1 Å². The molecule has 0 bridgehead atoms. The topological polar surface area (TPSA) is 20.3 Å². The molecule has 0 radical (unpaired) electrons. The fourth-order valence-electron chi connectivity index (χ4n) is 1.82. The van der Waals surface area contributed by atoms with Crippen LogP contribution >= 0.6 is 0 Å². The number of carbonyl (C=O) groups is 1. The van der Waals surface area contributed by atoms with Crippen molar-refractivity contribution >= 4 is 5.78 Å². The first-order chi connectivity index (χ1) is 7.27. The molecular weight excluding hydrogens is 193 g/mol. The number of likely N-dealkylation sites (tertiary alicyclic amines) is 1. The highest BCUT2D eigenvalue weighted by Gasteiger charge is 2.24. The lowest BCUT2D eigenvalue weighted by Crippen LogP contribution is -2.35. The minimum absolute atomic E-state index is 0.242. The molecule has 0 aromatic heterocycles. The Morgan fingerprint density at radius 3 is 2.33 bits per heavy atom. The second-order valence-electron chi connectivity index (χ2n) is 3.82. The van der Waals surface area contributed by atoms with E-state index in [2.05, 4.69) is 0 Å². The third kappa shape index (κ3) is 2.42. The summed E-state index contributed by atoms with van der Waals surface area (Å²) in [6.45, 7) is 1.07. The van der Waals surface area contributed by atoms with Gasteiger partial charge >= 0.3 is 0 Å². The number of piperidine rings is 1. The van der Waals surface area contributed by atoms with Crippen LogP contribution in [0.3, 0.4) is 0 Å². The van der Waals surface area contributed by atoms with Gasteiger partial charge < -0.3 is 0 Å². The molecule has 3 heteroatoms. The van der Waals surface area contributed by atoms with Gasteiger partial charge in [-0.3, -0.25) is 9.69 Å². The highest BCUT2D eigenvalue weighted by molar-refractivity contribution is 5.79. The summed E-state index contributed by atoms with van der Waals surface area (Å²) in [6.07, 6.45) is -0.111. The minimum atomic E-state index is -1.07. The summed E-state index contributed by atoms with van der Waals surface area (Å²) in [7, 11) is 0. The SMILES string of the molecule is O=C1CCN(C(F)c2ccccc2)CC1. The normalized spacial score (nSPS) is 20.2. The number of hydrogen-bond donors (Lipinski definition) is 0. The van der Waals surface area contributed by atoms with Gasteiger partial charge in [-0.15, -0.1) is 0 Å². The van der Waals surface area contributed by atoms with E-state index in [-0.39, 0.29) is 5.78 Å². The first kappa shape index (κ1) is 10.3. The summed E-state index contributed by atoms with van der Waals surface area (Å²) < 4.78 is 14.0. The summed E-state index contributed by atoms with van der Waals surface area (Å²) in [5.41, 5.74) is 0.673. The van der Waals surface area contributed by atoms with Crippen molar-refractivity contribution in [2.24, 2.45) is 0 Å². The van der Waals surface area contributed by atoms with E-state index in [1.807, 2.05) is 18.2 Å². The van der Waals surface area contributed by atoms with Crippen LogP contribution in [-0.2, 0) is 4.79 Å². The number of hydrogen-bond acceptors (Lipinski definition) is 2. The van der Waals surface area contributed by atoms with Crippen LogP contribution in [0.5, 0.6) is 0 Å². The maximum absolute atomic E-state index is 14.0. The zero-order valence-electron chi connectivity index (χ0n) is 8.53. The fraction of sp³-hybridized carbons (Fsp3) is 0.417. The summed E-state index contributed by atoms with van der Waals surface area (Å²) >= 11 is 0. The van der Waals surface area contributed by atoms with Crippen LogP contribution in [0.25, 0.3) is 0 Å². The monoisotopic (exact) mass is 207 g/mol. The zero-order chi connectivity index (χ0) is 10.7. The minimum Gasteiger partial charge on any atom is -0.300 e. The smallest absolute Gasteiger partial charge is 0.179 e.